The number of aromatic nitrogens is 2. The smallest absolute Gasteiger partial charge is 0.193 e. The van der Waals surface area contributed by atoms with Crippen LogP contribution in [0.15, 0.2) is 17.8 Å². The van der Waals surface area contributed by atoms with Gasteiger partial charge in [-0.1, -0.05) is 0 Å². The van der Waals surface area contributed by atoms with E-state index in [1.807, 2.05) is 16.0 Å². The van der Waals surface area contributed by atoms with E-state index in [2.05, 4.69) is 4.98 Å². The van der Waals surface area contributed by atoms with Crippen molar-refractivity contribution >= 4 is 26.1 Å². The van der Waals surface area contributed by atoms with Crippen LogP contribution in [0, 0.1) is 0 Å². The second-order valence-corrected chi connectivity index (χ2v) is 7.31. The van der Waals surface area contributed by atoms with Gasteiger partial charge in [-0.25, -0.2) is 13.4 Å². The van der Waals surface area contributed by atoms with Crippen LogP contribution >= 0.6 is 11.3 Å². The van der Waals surface area contributed by atoms with E-state index in [0.717, 1.165) is 4.96 Å². The maximum Gasteiger partial charge on any atom is 0.193 e. The van der Waals surface area contributed by atoms with Crippen LogP contribution in [0.3, 0.4) is 0 Å². The molecule has 0 spiro atoms. The van der Waals surface area contributed by atoms with Crippen LogP contribution in [0.1, 0.15) is 19.0 Å². The van der Waals surface area contributed by atoms with Gasteiger partial charge in [-0.3, -0.25) is 4.40 Å². The van der Waals surface area contributed by atoms with Crippen LogP contribution < -0.4 is 5.73 Å². The molecular weight excluding hydrogens is 258 g/mol. The van der Waals surface area contributed by atoms with Crippen molar-refractivity contribution < 1.29 is 8.42 Å². The molecule has 2 heterocycles. The lowest BCUT2D eigenvalue weighted by molar-refractivity contribution is 0.577. The molecule has 94 valence electrons. The van der Waals surface area contributed by atoms with E-state index in [9.17, 15) is 8.42 Å². The minimum Gasteiger partial charge on any atom is -0.330 e. The van der Waals surface area contributed by atoms with Gasteiger partial charge in [0.15, 0.2) is 14.8 Å². The Bertz CT molecular complexity index is 571. The van der Waals surface area contributed by atoms with Crippen LogP contribution in [0.25, 0.3) is 4.96 Å². The molecule has 5 nitrogen and oxygen atoms in total. The minimum absolute atomic E-state index is 0.0113. The molecule has 0 aromatic carbocycles. The first-order valence-corrected chi connectivity index (χ1v) is 7.95. The van der Waals surface area contributed by atoms with Gasteiger partial charge in [0.1, 0.15) is 0 Å². The highest BCUT2D eigenvalue weighted by molar-refractivity contribution is 7.91. The third kappa shape index (κ3) is 2.67. The Kier molecular flexibility index (Phi) is 3.50. The molecular formula is C10H15N3O2S2. The monoisotopic (exact) mass is 273 g/mol. The molecule has 2 N–H and O–H groups in total. The van der Waals surface area contributed by atoms with Gasteiger partial charge >= 0.3 is 0 Å². The fourth-order valence-corrected chi connectivity index (χ4v) is 3.66. The highest BCUT2D eigenvalue weighted by Gasteiger charge is 2.22. The predicted molar refractivity (Wildman–Crippen MR) is 68.8 cm³/mol. The fourth-order valence-electron chi connectivity index (χ4n) is 1.61. The van der Waals surface area contributed by atoms with Crippen LogP contribution in [0.4, 0.5) is 0 Å². The normalized spacial score (nSPS) is 14.2. The molecule has 0 aliphatic heterocycles. The fraction of sp³-hybridized carbons (Fsp3) is 0.500. The predicted octanol–water partition coefficient (Wildman–Crippen LogP) is 1.05. The van der Waals surface area contributed by atoms with E-state index < -0.39 is 15.1 Å². The molecule has 0 fully saturated rings. The lowest BCUT2D eigenvalue weighted by Gasteiger charge is -2.09. The van der Waals surface area contributed by atoms with Crippen molar-refractivity contribution in [1.29, 1.82) is 0 Å². The number of fused-ring (bicyclic) bond motifs is 1. The number of hydrogen-bond donors (Lipinski definition) is 1. The van der Waals surface area contributed by atoms with Gasteiger partial charge < -0.3 is 5.73 Å². The summed E-state index contributed by atoms with van der Waals surface area (Å²) >= 11 is 1.49. The van der Waals surface area contributed by atoms with E-state index in [-0.39, 0.29) is 5.75 Å². The summed E-state index contributed by atoms with van der Waals surface area (Å²) in [7, 11) is -3.15. The third-order valence-electron chi connectivity index (χ3n) is 2.68. The summed E-state index contributed by atoms with van der Waals surface area (Å²) in [6.45, 7) is 2.08. The Hall–Kier alpha value is -0.920. The molecule has 0 aliphatic carbocycles. The second-order valence-electron chi connectivity index (χ2n) is 4.02. The molecule has 1 atom stereocenters. The lowest BCUT2D eigenvalue weighted by atomic mass is 10.3. The first kappa shape index (κ1) is 12.5. The SMILES string of the molecule is CC(CCN)S(=O)(=O)Cc1cn2ccsc2n1. The average molecular weight is 273 g/mol. The van der Waals surface area contributed by atoms with Crippen LogP contribution in [0.5, 0.6) is 0 Å². The molecule has 7 heteroatoms. The molecule has 0 saturated heterocycles. The third-order valence-corrected chi connectivity index (χ3v) is 5.61. The van der Waals surface area contributed by atoms with Crippen LogP contribution in [-0.4, -0.2) is 29.6 Å². The molecule has 2 aromatic heterocycles. The molecule has 2 rings (SSSR count). The van der Waals surface area contributed by atoms with Crippen molar-refractivity contribution in [2.45, 2.75) is 24.3 Å². The van der Waals surface area contributed by atoms with Crippen molar-refractivity contribution in [1.82, 2.24) is 9.38 Å². The second kappa shape index (κ2) is 4.75. The number of imidazole rings is 1. The number of sulfone groups is 1. The number of thiazole rings is 1. The highest BCUT2D eigenvalue weighted by atomic mass is 32.2. The van der Waals surface area contributed by atoms with Gasteiger partial charge in [-0.05, 0) is 19.9 Å². The summed E-state index contributed by atoms with van der Waals surface area (Å²) < 4.78 is 25.8. The van der Waals surface area contributed by atoms with Crippen LogP contribution in [-0.2, 0) is 15.6 Å². The van der Waals surface area contributed by atoms with E-state index in [4.69, 9.17) is 5.73 Å². The van der Waals surface area contributed by atoms with Gasteiger partial charge in [0.25, 0.3) is 0 Å². The number of nitrogens with two attached hydrogens (primary N) is 1. The largest absolute Gasteiger partial charge is 0.330 e. The maximum absolute atomic E-state index is 12.0. The average Bonchev–Trinajstić information content (AvgIpc) is 2.77. The summed E-state index contributed by atoms with van der Waals surface area (Å²) in [5.41, 5.74) is 5.98. The Morgan fingerprint density at radius 1 is 1.59 bits per heavy atom. The first-order chi connectivity index (χ1) is 8.03. The van der Waals surface area contributed by atoms with Gasteiger partial charge in [0, 0.05) is 17.8 Å². The van der Waals surface area contributed by atoms with Crippen LogP contribution in [0.2, 0.25) is 0 Å². The molecule has 0 bridgehead atoms. The zero-order valence-electron chi connectivity index (χ0n) is 9.54. The zero-order chi connectivity index (χ0) is 12.5. The highest BCUT2D eigenvalue weighted by Crippen LogP contribution is 2.16. The van der Waals surface area contributed by atoms with Crippen molar-refractivity contribution in [3.8, 4) is 0 Å². The molecule has 2 aromatic rings. The number of rotatable bonds is 5. The van der Waals surface area contributed by atoms with Crippen molar-refractivity contribution in [2.75, 3.05) is 6.54 Å². The Morgan fingerprint density at radius 3 is 3.00 bits per heavy atom. The Balaban J connectivity index is 2.18. The van der Waals surface area contributed by atoms with Gasteiger partial charge in [-0.15, -0.1) is 11.3 Å². The van der Waals surface area contributed by atoms with Crippen molar-refractivity contribution in [2.24, 2.45) is 5.73 Å². The molecule has 0 radical (unpaired) electrons. The molecule has 0 amide bonds. The maximum atomic E-state index is 12.0. The summed E-state index contributed by atoms with van der Waals surface area (Å²) in [5, 5.41) is 1.50. The molecule has 0 saturated carbocycles. The standard InChI is InChI=1S/C10H15N3O2S2/c1-8(2-3-11)17(14,15)7-9-6-13-4-5-16-10(13)12-9/h4-6,8H,2-3,7,11H2,1H3. The summed E-state index contributed by atoms with van der Waals surface area (Å²) in [4.78, 5) is 5.09. The summed E-state index contributed by atoms with van der Waals surface area (Å²) in [6, 6.07) is 0. The Labute approximate surface area is 104 Å². The van der Waals surface area contributed by atoms with Crippen molar-refractivity contribution in [3.63, 3.8) is 0 Å². The zero-order valence-corrected chi connectivity index (χ0v) is 11.2. The van der Waals surface area contributed by atoms with Gasteiger partial charge in [-0.2, -0.15) is 0 Å². The topological polar surface area (TPSA) is 77.5 Å². The molecule has 17 heavy (non-hydrogen) atoms. The van der Waals surface area contributed by atoms with Crippen molar-refractivity contribution in [3.05, 3.63) is 23.5 Å². The number of nitrogens with zero attached hydrogens (tertiary/aromatic N) is 2. The van der Waals surface area contributed by atoms with Gasteiger partial charge in [0.2, 0.25) is 0 Å². The lowest BCUT2D eigenvalue weighted by Crippen LogP contribution is -2.22. The van der Waals surface area contributed by atoms with E-state index in [1.54, 1.807) is 13.1 Å². The Morgan fingerprint density at radius 2 is 2.35 bits per heavy atom. The molecule has 1 unspecified atom stereocenters. The van der Waals surface area contributed by atoms with E-state index in [1.165, 1.54) is 11.3 Å². The minimum atomic E-state index is -3.15. The van der Waals surface area contributed by atoms with E-state index in [0.29, 0.717) is 18.7 Å². The quantitative estimate of drug-likeness (QED) is 0.883. The summed E-state index contributed by atoms with van der Waals surface area (Å²) in [5.74, 6) is -0.0113. The van der Waals surface area contributed by atoms with E-state index >= 15 is 0 Å². The van der Waals surface area contributed by atoms with Gasteiger partial charge in [0.05, 0.1) is 16.7 Å². The molecule has 0 aliphatic rings. The first-order valence-electron chi connectivity index (χ1n) is 5.35. The summed E-state index contributed by atoms with van der Waals surface area (Å²) in [6.07, 6.45) is 4.12. The number of hydrogen-bond acceptors (Lipinski definition) is 5.